The number of aliphatic imine (C=N–C) groups is 1. The average molecular weight is 397 g/mol. The SMILES string of the molecule is CN=C(NCCn1ccnc1)NCc1ccc(OC(C)(C)C)cc1C(F)(F)F. The van der Waals surface area contributed by atoms with Crippen LogP contribution in [0.2, 0.25) is 0 Å². The van der Waals surface area contributed by atoms with Crippen LogP contribution in [0.25, 0.3) is 0 Å². The molecule has 28 heavy (non-hydrogen) atoms. The Morgan fingerprint density at radius 2 is 1.96 bits per heavy atom. The van der Waals surface area contributed by atoms with E-state index >= 15 is 0 Å². The minimum atomic E-state index is -4.48. The summed E-state index contributed by atoms with van der Waals surface area (Å²) in [5.41, 5.74) is -1.19. The lowest BCUT2D eigenvalue weighted by molar-refractivity contribution is -0.138. The molecule has 2 aromatic rings. The van der Waals surface area contributed by atoms with E-state index in [0.29, 0.717) is 19.0 Å². The number of nitrogens with one attached hydrogen (secondary N) is 2. The minimum Gasteiger partial charge on any atom is -0.488 e. The van der Waals surface area contributed by atoms with E-state index in [1.807, 2.05) is 10.8 Å². The van der Waals surface area contributed by atoms with Crippen molar-refractivity contribution in [1.29, 1.82) is 0 Å². The maximum absolute atomic E-state index is 13.5. The topological polar surface area (TPSA) is 63.5 Å². The third-order valence-electron chi connectivity index (χ3n) is 3.70. The number of rotatable bonds is 6. The Kier molecular flexibility index (Phi) is 6.93. The second-order valence-electron chi connectivity index (χ2n) is 7.18. The Bertz CT molecular complexity index is 780. The van der Waals surface area contributed by atoms with Crippen molar-refractivity contribution in [3.8, 4) is 5.75 Å². The molecule has 154 valence electrons. The first-order chi connectivity index (χ1) is 13.1. The van der Waals surface area contributed by atoms with Crippen LogP contribution in [0, 0.1) is 0 Å². The number of aromatic nitrogens is 2. The molecule has 0 fully saturated rings. The Balaban J connectivity index is 2.02. The molecule has 0 saturated heterocycles. The molecule has 0 spiro atoms. The van der Waals surface area contributed by atoms with Crippen LogP contribution in [0.4, 0.5) is 13.2 Å². The van der Waals surface area contributed by atoms with Crippen LogP contribution in [0.15, 0.2) is 41.9 Å². The van der Waals surface area contributed by atoms with Gasteiger partial charge in [-0.15, -0.1) is 0 Å². The summed E-state index contributed by atoms with van der Waals surface area (Å²) in [6, 6.07) is 4.01. The molecule has 0 saturated carbocycles. The van der Waals surface area contributed by atoms with E-state index in [1.54, 1.807) is 46.4 Å². The van der Waals surface area contributed by atoms with Crippen molar-refractivity contribution >= 4 is 5.96 Å². The first kappa shape index (κ1) is 21.6. The van der Waals surface area contributed by atoms with Gasteiger partial charge in [-0.2, -0.15) is 13.2 Å². The van der Waals surface area contributed by atoms with Gasteiger partial charge in [0, 0.05) is 39.1 Å². The van der Waals surface area contributed by atoms with E-state index in [0.717, 1.165) is 6.07 Å². The van der Waals surface area contributed by atoms with Crippen LogP contribution in [-0.2, 0) is 19.3 Å². The first-order valence-corrected chi connectivity index (χ1v) is 8.88. The largest absolute Gasteiger partial charge is 0.488 e. The Morgan fingerprint density at radius 3 is 2.54 bits per heavy atom. The molecule has 0 bridgehead atoms. The lowest BCUT2D eigenvalue weighted by Crippen LogP contribution is -2.38. The van der Waals surface area contributed by atoms with Crippen LogP contribution in [-0.4, -0.2) is 34.7 Å². The summed E-state index contributed by atoms with van der Waals surface area (Å²) in [6.45, 7) is 6.56. The molecule has 0 radical (unpaired) electrons. The van der Waals surface area contributed by atoms with E-state index in [4.69, 9.17) is 4.74 Å². The van der Waals surface area contributed by atoms with Gasteiger partial charge in [0.25, 0.3) is 0 Å². The Labute approximate surface area is 162 Å². The van der Waals surface area contributed by atoms with Gasteiger partial charge in [-0.3, -0.25) is 4.99 Å². The lowest BCUT2D eigenvalue weighted by Gasteiger charge is -2.23. The zero-order valence-corrected chi connectivity index (χ0v) is 16.5. The fourth-order valence-electron chi connectivity index (χ4n) is 2.51. The molecule has 0 aliphatic rings. The third kappa shape index (κ3) is 6.79. The van der Waals surface area contributed by atoms with E-state index in [9.17, 15) is 13.2 Å². The molecule has 0 unspecified atom stereocenters. The van der Waals surface area contributed by atoms with Gasteiger partial charge in [-0.1, -0.05) is 6.07 Å². The van der Waals surface area contributed by atoms with Crippen LogP contribution >= 0.6 is 0 Å². The van der Waals surface area contributed by atoms with E-state index in [1.165, 1.54) is 6.07 Å². The molecule has 2 N–H and O–H groups in total. The van der Waals surface area contributed by atoms with Gasteiger partial charge < -0.3 is 19.9 Å². The standard InChI is InChI=1S/C19H26F3N5O/c1-18(2,3)28-15-6-5-14(16(11-15)19(20,21)22)12-26-17(23-4)25-8-10-27-9-7-24-13-27/h5-7,9,11,13H,8,10,12H2,1-4H3,(H2,23,25,26). The second kappa shape index (κ2) is 8.99. The quantitative estimate of drug-likeness (QED) is 0.579. The average Bonchev–Trinajstić information content (AvgIpc) is 3.10. The van der Waals surface area contributed by atoms with Crippen LogP contribution in [0.5, 0.6) is 5.75 Å². The van der Waals surface area contributed by atoms with Crippen molar-refractivity contribution in [1.82, 2.24) is 20.2 Å². The first-order valence-electron chi connectivity index (χ1n) is 8.88. The number of ether oxygens (including phenoxy) is 1. The summed E-state index contributed by atoms with van der Waals surface area (Å²) in [5.74, 6) is 0.606. The van der Waals surface area contributed by atoms with Gasteiger partial charge in [0.1, 0.15) is 11.4 Å². The number of guanidine groups is 1. The van der Waals surface area contributed by atoms with Crippen LogP contribution in [0.1, 0.15) is 31.9 Å². The highest BCUT2D eigenvalue weighted by atomic mass is 19.4. The summed E-state index contributed by atoms with van der Waals surface area (Å²) >= 11 is 0. The molecule has 6 nitrogen and oxygen atoms in total. The number of halogens is 3. The monoisotopic (exact) mass is 397 g/mol. The van der Waals surface area contributed by atoms with Gasteiger partial charge in [0.05, 0.1) is 11.9 Å². The number of benzene rings is 1. The lowest BCUT2D eigenvalue weighted by atomic mass is 10.1. The maximum Gasteiger partial charge on any atom is 0.416 e. The van der Waals surface area contributed by atoms with Gasteiger partial charge >= 0.3 is 6.18 Å². The van der Waals surface area contributed by atoms with Crippen molar-refractivity contribution in [2.24, 2.45) is 4.99 Å². The van der Waals surface area contributed by atoms with Gasteiger partial charge in [0.15, 0.2) is 5.96 Å². The predicted molar refractivity (Wildman–Crippen MR) is 102 cm³/mol. The zero-order chi connectivity index (χ0) is 20.8. The maximum atomic E-state index is 13.5. The number of alkyl halides is 3. The molecule has 1 aromatic heterocycles. The highest BCUT2D eigenvalue weighted by Crippen LogP contribution is 2.35. The fraction of sp³-hybridized carbons (Fsp3) is 0.474. The van der Waals surface area contributed by atoms with Crippen molar-refractivity contribution in [2.75, 3.05) is 13.6 Å². The summed E-state index contributed by atoms with van der Waals surface area (Å²) in [6.07, 6.45) is 0.717. The Hall–Kier alpha value is -2.71. The van der Waals surface area contributed by atoms with E-state index < -0.39 is 17.3 Å². The highest BCUT2D eigenvalue weighted by Gasteiger charge is 2.34. The summed E-state index contributed by atoms with van der Waals surface area (Å²) in [7, 11) is 1.57. The molecule has 9 heteroatoms. The fourth-order valence-corrected chi connectivity index (χ4v) is 2.51. The van der Waals surface area contributed by atoms with Crippen molar-refractivity contribution in [2.45, 2.75) is 45.6 Å². The number of hydrogen-bond donors (Lipinski definition) is 2. The second-order valence-corrected chi connectivity index (χ2v) is 7.18. The third-order valence-corrected chi connectivity index (χ3v) is 3.70. The molecular weight excluding hydrogens is 371 g/mol. The summed E-state index contributed by atoms with van der Waals surface area (Å²) in [5, 5.41) is 5.98. The van der Waals surface area contributed by atoms with Crippen LogP contribution in [0.3, 0.4) is 0 Å². The number of hydrogen-bond acceptors (Lipinski definition) is 3. The van der Waals surface area contributed by atoms with Crippen molar-refractivity contribution < 1.29 is 17.9 Å². The number of imidazole rings is 1. The molecule has 0 atom stereocenters. The molecule has 1 aromatic carbocycles. The zero-order valence-electron chi connectivity index (χ0n) is 16.5. The molecule has 0 aliphatic carbocycles. The van der Waals surface area contributed by atoms with E-state index in [-0.39, 0.29) is 17.9 Å². The molecule has 0 amide bonds. The number of nitrogens with zero attached hydrogens (tertiary/aromatic N) is 3. The minimum absolute atomic E-state index is 0.0185. The normalized spacial score (nSPS) is 12.8. The smallest absolute Gasteiger partial charge is 0.416 e. The van der Waals surface area contributed by atoms with Gasteiger partial charge in [-0.05, 0) is 38.5 Å². The summed E-state index contributed by atoms with van der Waals surface area (Å²) < 4.78 is 47.9. The Morgan fingerprint density at radius 1 is 1.21 bits per heavy atom. The summed E-state index contributed by atoms with van der Waals surface area (Å²) in [4.78, 5) is 7.99. The molecule has 1 heterocycles. The molecule has 2 rings (SSSR count). The predicted octanol–water partition coefficient (Wildman–Crippen LogP) is 3.44. The van der Waals surface area contributed by atoms with Gasteiger partial charge in [0.2, 0.25) is 0 Å². The van der Waals surface area contributed by atoms with Crippen molar-refractivity contribution in [3.63, 3.8) is 0 Å². The molecular formula is C19H26F3N5O. The van der Waals surface area contributed by atoms with Crippen LogP contribution < -0.4 is 15.4 Å². The van der Waals surface area contributed by atoms with Gasteiger partial charge in [-0.25, -0.2) is 4.98 Å². The van der Waals surface area contributed by atoms with Crippen molar-refractivity contribution in [3.05, 3.63) is 48.0 Å². The highest BCUT2D eigenvalue weighted by molar-refractivity contribution is 5.79. The van der Waals surface area contributed by atoms with E-state index in [2.05, 4.69) is 20.6 Å². The molecule has 0 aliphatic heterocycles.